The van der Waals surface area contributed by atoms with Crippen LogP contribution >= 0.6 is 0 Å². The number of benzene rings is 4. The fourth-order valence-electron chi connectivity index (χ4n) is 9.71. The van der Waals surface area contributed by atoms with Crippen molar-refractivity contribution in [1.29, 1.82) is 0 Å². The van der Waals surface area contributed by atoms with Crippen LogP contribution in [0.1, 0.15) is 162 Å². The molecule has 0 saturated carbocycles. The summed E-state index contributed by atoms with van der Waals surface area (Å²) in [5.74, 6) is -1.58. The van der Waals surface area contributed by atoms with Crippen molar-refractivity contribution in [1.82, 2.24) is 39.5 Å². The Kier molecular flexibility index (Phi) is 17.5. The molecule has 76 heavy (non-hydrogen) atoms. The van der Waals surface area contributed by atoms with Crippen molar-refractivity contribution in [3.8, 4) is 45.6 Å². The van der Waals surface area contributed by atoms with Crippen LogP contribution in [0.3, 0.4) is 0 Å². The molecular weight excluding hydrogens is 961 g/mol. The number of hydrogen-bond donors (Lipinski definition) is 1. The molecule has 0 saturated heterocycles. The quantitative estimate of drug-likeness (QED) is 0.0360. The Labute approximate surface area is 442 Å². The number of nitrogens with zero attached hydrogens (tertiary/aromatic N) is 7. The smallest absolute Gasteiger partial charge is 0.421 e. The van der Waals surface area contributed by atoms with Gasteiger partial charge in [0.2, 0.25) is 0 Å². The van der Waals surface area contributed by atoms with E-state index < -0.39 is 24.0 Å². The van der Waals surface area contributed by atoms with Crippen LogP contribution in [-0.2, 0) is 18.9 Å². The second-order valence-corrected chi connectivity index (χ2v) is 19.3. The zero-order valence-electron chi connectivity index (χ0n) is 44.0. The molecule has 2 aliphatic rings. The Morgan fingerprint density at radius 1 is 0.421 bits per heavy atom. The maximum Gasteiger partial charge on any atom is 0.421 e. The van der Waals surface area contributed by atoms with Crippen LogP contribution in [0.2, 0.25) is 0 Å². The fraction of sp³-hybridized carbons (Fsp3) is 0.400. The molecular formula is C60H66N8O8. The second-order valence-electron chi connectivity index (χ2n) is 19.3. The van der Waals surface area contributed by atoms with Crippen LogP contribution in [0.5, 0.6) is 0 Å². The summed E-state index contributed by atoms with van der Waals surface area (Å²) in [6.07, 6.45) is 13.1. The highest BCUT2D eigenvalue weighted by Gasteiger charge is 2.34. The molecule has 394 valence electrons. The number of carbonyl (C=O) groups is 4. The van der Waals surface area contributed by atoms with Gasteiger partial charge in [0, 0.05) is 43.8 Å². The molecule has 1 N–H and O–H groups in total. The monoisotopic (exact) mass is 1030 g/mol. The number of aromatic nitrogens is 8. The van der Waals surface area contributed by atoms with Crippen LogP contribution in [0, 0.1) is 0 Å². The first-order valence-electron chi connectivity index (χ1n) is 27.3. The fourth-order valence-corrected chi connectivity index (χ4v) is 9.71. The molecule has 0 amide bonds. The van der Waals surface area contributed by atoms with Gasteiger partial charge in [0.05, 0.1) is 43.1 Å². The second kappa shape index (κ2) is 25.1. The standard InChI is InChI=1S/C60H66N8O8/c1-5-9-13-23-33-73-57(69)45-37-44-46(48(59(71)75-35-25-15-11-7-3)47(45)58(70)74-34-24-14-10-6-2)54-64-50-39-28-18-20-30-41(39)52(62-50)67-56-43-32-22-21-31-42(43)55(68(56)60(72)76-36-26-16-12-8-4)66-51-40-29-19-17-27-38(40)49(61-51)63-53(44)65-54/h17-22,27-32,37H,5-16,23-26,33-36H2,1-4H3,(H,61,62,63,64,65,66,67). The molecule has 0 radical (unpaired) electrons. The highest BCUT2D eigenvalue weighted by Crippen LogP contribution is 2.39. The molecule has 2 aliphatic heterocycles. The van der Waals surface area contributed by atoms with Crippen molar-refractivity contribution in [3.63, 3.8) is 0 Å². The number of ether oxygens (including phenoxy) is 4. The summed E-state index contributed by atoms with van der Waals surface area (Å²) in [6, 6.07) is 23.9. The summed E-state index contributed by atoms with van der Waals surface area (Å²) in [4.78, 5) is 93.1. The van der Waals surface area contributed by atoms with Gasteiger partial charge >= 0.3 is 24.0 Å². The van der Waals surface area contributed by atoms with Gasteiger partial charge in [-0.1, -0.05) is 178 Å². The molecule has 7 aromatic rings. The number of unbranched alkanes of at least 4 members (excludes halogenated alkanes) is 12. The molecule has 16 nitrogen and oxygen atoms in total. The van der Waals surface area contributed by atoms with Gasteiger partial charge in [0.25, 0.3) is 0 Å². The molecule has 0 aliphatic carbocycles. The van der Waals surface area contributed by atoms with Crippen LogP contribution in [0.25, 0.3) is 89.7 Å². The Morgan fingerprint density at radius 3 is 1.28 bits per heavy atom. The summed E-state index contributed by atoms with van der Waals surface area (Å²) >= 11 is 0. The Morgan fingerprint density at radius 2 is 0.816 bits per heavy atom. The van der Waals surface area contributed by atoms with E-state index in [1.165, 1.54) is 10.6 Å². The molecule has 3 aromatic heterocycles. The molecule has 0 spiro atoms. The summed E-state index contributed by atoms with van der Waals surface area (Å²) in [6.45, 7) is 8.83. The van der Waals surface area contributed by atoms with Crippen molar-refractivity contribution in [3.05, 3.63) is 95.6 Å². The first-order chi connectivity index (χ1) is 37.3. The van der Waals surface area contributed by atoms with E-state index in [1.807, 2.05) is 72.8 Å². The number of fused-ring (bicyclic) bond motifs is 20. The van der Waals surface area contributed by atoms with Gasteiger partial charge in [-0.05, 0) is 31.7 Å². The van der Waals surface area contributed by atoms with Crippen LogP contribution < -0.4 is 0 Å². The minimum atomic E-state index is -0.875. The lowest BCUT2D eigenvalue weighted by Crippen LogP contribution is -2.21. The summed E-state index contributed by atoms with van der Waals surface area (Å²) < 4.78 is 25.3. The number of nitrogens with one attached hydrogen (secondary N) is 1. The van der Waals surface area contributed by atoms with Gasteiger partial charge in [-0.15, -0.1) is 0 Å². The molecule has 5 heterocycles. The maximum absolute atomic E-state index is 15.0. The van der Waals surface area contributed by atoms with E-state index in [4.69, 9.17) is 48.9 Å². The third-order valence-electron chi connectivity index (χ3n) is 13.7. The van der Waals surface area contributed by atoms with E-state index in [2.05, 4.69) is 32.7 Å². The van der Waals surface area contributed by atoms with Crippen LogP contribution in [-0.4, -0.2) is 89.9 Å². The molecule has 8 bridgehead atoms. The van der Waals surface area contributed by atoms with E-state index in [9.17, 15) is 14.4 Å². The molecule has 4 aromatic carbocycles. The van der Waals surface area contributed by atoms with Crippen LogP contribution in [0.4, 0.5) is 4.79 Å². The lowest BCUT2D eigenvalue weighted by Gasteiger charge is -2.15. The van der Waals surface area contributed by atoms with Gasteiger partial charge in [-0.3, -0.25) is 0 Å². The number of esters is 3. The van der Waals surface area contributed by atoms with E-state index >= 15 is 4.79 Å². The minimum Gasteiger partial charge on any atom is -0.462 e. The lowest BCUT2D eigenvalue weighted by atomic mass is 9.95. The number of aromatic amines is 1. The summed E-state index contributed by atoms with van der Waals surface area (Å²) in [7, 11) is 0. The van der Waals surface area contributed by atoms with Crippen molar-refractivity contribution in [2.24, 2.45) is 0 Å². The Balaban J connectivity index is 1.38. The van der Waals surface area contributed by atoms with E-state index in [-0.39, 0.29) is 99.8 Å². The first-order valence-corrected chi connectivity index (χ1v) is 27.3. The molecule has 16 heteroatoms. The predicted molar refractivity (Wildman–Crippen MR) is 294 cm³/mol. The third-order valence-corrected chi connectivity index (χ3v) is 13.7. The van der Waals surface area contributed by atoms with Gasteiger partial charge < -0.3 is 23.9 Å². The van der Waals surface area contributed by atoms with Crippen molar-refractivity contribution < 1.29 is 38.1 Å². The molecule has 9 rings (SSSR count). The minimum absolute atomic E-state index is 0.0616. The Bertz CT molecular complexity index is 3460. The average Bonchev–Trinajstić information content (AvgIpc) is 4.16. The largest absolute Gasteiger partial charge is 0.462 e. The van der Waals surface area contributed by atoms with Crippen molar-refractivity contribution in [2.45, 2.75) is 130 Å². The highest BCUT2D eigenvalue weighted by atomic mass is 16.6. The number of hydrogen-bond acceptors (Lipinski definition) is 14. The van der Waals surface area contributed by atoms with Crippen molar-refractivity contribution >= 4 is 68.1 Å². The van der Waals surface area contributed by atoms with E-state index in [0.717, 1.165) is 77.0 Å². The first kappa shape index (κ1) is 53.0. The number of rotatable bonds is 23. The molecule has 0 fully saturated rings. The Hall–Kier alpha value is -7.88. The third kappa shape index (κ3) is 11.4. The van der Waals surface area contributed by atoms with Gasteiger partial charge in [0.1, 0.15) is 11.3 Å². The van der Waals surface area contributed by atoms with Crippen LogP contribution in [0.15, 0.2) is 78.9 Å². The number of carbonyl (C=O) groups excluding carboxylic acids is 4. The van der Waals surface area contributed by atoms with Gasteiger partial charge in [-0.25, -0.2) is 53.6 Å². The van der Waals surface area contributed by atoms with Gasteiger partial charge in [0.15, 0.2) is 34.6 Å². The summed E-state index contributed by atoms with van der Waals surface area (Å²) in [5, 5.41) is 1.66. The maximum atomic E-state index is 15.0. The number of H-pyrrole nitrogens is 1. The molecule has 0 unspecified atom stereocenters. The SMILES string of the molecule is CCCCCCOC(=O)c1cc2c3nc4nc(nc5c6ccccc6c(nc6nc(nc([nH]3)c2c(C(=O)OCCCCCC)c1C(=O)OCCCCCC)-c1ccccc1-6)n5C(=O)OCCCCCC)-c1ccccc1-4. The highest BCUT2D eigenvalue weighted by molar-refractivity contribution is 6.23. The van der Waals surface area contributed by atoms with Crippen molar-refractivity contribution in [2.75, 3.05) is 26.4 Å². The van der Waals surface area contributed by atoms with E-state index in [1.54, 1.807) is 0 Å². The topological polar surface area (TPSA) is 203 Å². The zero-order valence-corrected chi connectivity index (χ0v) is 44.0. The molecule has 0 atom stereocenters. The predicted octanol–water partition coefficient (Wildman–Crippen LogP) is 14.1. The zero-order chi connectivity index (χ0) is 53.0. The normalized spacial score (nSPS) is 11.6. The lowest BCUT2D eigenvalue weighted by molar-refractivity contribution is 0.0431. The van der Waals surface area contributed by atoms with E-state index in [0.29, 0.717) is 58.7 Å². The average molecular weight is 1030 g/mol. The summed E-state index contributed by atoms with van der Waals surface area (Å²) in [5.41, 5.74) is 2.52. The van der Waals surface area contributed by atoms with Gasteiger partial charge in [-0.2, -0.15) is 0 Å².